The van der Waals surface area contributed by atoms with Crippen LogP contribution in [0, 0.1) is 0 Å². The summed E-state index contributed by atoms with van der Waals surface area (Å²) < 4.78 is 37.2. The first-order chi connectivity index (χ1) is 21.1. The Morgan fingerprint density at radius 3 is 2.57 bits per heavy atom. The van der Waals surface area contributed by atoms with E-state index in [1.54, 1.807) is 7.11 Å². The van der Waals surface area contributed by atoms with Gasteiger partial charge in [-0.15, -0.1) is 0 Å². The first-order valence-electron chi connectivity index (χ1n) is 14.0. The van der Waals surface area contributed by atoms with E-state index in [-0.39, 0.29) is 11.8 Å². The highest BCUT2D eigenvalue weighted by atomic mass is 19.4. The maximum atomic E-state index is 13.0. The molecule has 0 radical (unpaired) electrons. The van der Waals surface area contributed by atoms with Gasteiger partial charge in [0, 0.05) is 49.4 Å². The number of H-pyrrole nitrogens is 1. The number of nitrogens with one attached hydrogen (secondary N) is 3. The maximum Gasteiger partial charge on any atom is 0.490 e. The molecular formula is C31H29F3N6O4. The minimum absolute atomic E-state index is 0.0747. The van der Waals surface area contributed by atoms with Crippen molar-refractivity contribution in [3.05, 3.63) is 77.1 Å². The van der Waals surface area contributed by atoms with Crippen LogP contribution in [0.15, 0.2) is 54.7 Å². The summed E-state index contributed by atoms with van der Waals surface area (Å²) in [5.41, 5.74) is 5.44. The van der Waals surface area contributed by atoms with Gasteiger partial charge in [-0.1, -0.05) is 18.2 Å². The molecule has 1 saturated heterocycles. The van der Waals surface area contributed by atoms with E-state index < -0.39 is 17.6 Å². The van der Waals surface area contributed by atoms with Crippen LogP contribution in [-0.4, -0.2) is 71.6 Å². The lowest BCUT2D eigenvalue weighted by Crippen LogP contribution is -2.43. The van der Waals surface area contributed by atoms with Gasteiger partial charge in [-0.05, 0) is 65.6 Å². The van der Waals surface area contributed by atoms with Crippen LogP contribution < -0.4 is 20.3 Å². The minimum atomic E-state index is -5.08. The number of amides is 1. The van der Waals surface area contributed by atoms with E-state index >= 15 is 0 Å². The molecule has 2 fully saturated rings. The molecule has 1 aliphatic carbocycles. The van der Waals surface area contributed by atoms with Crippen LogP contribution in [0.5, 0.6) is 5.75 Å². The maximum absolute atomic E-state index is 13.0. The molecule has 228 valence electrons. The third-order valence-electron chi connectivity index (χ3n) is 8.23. The van der Waals surface area contributed by atoms with Crippen molar-refractivity contribution in [3.8, 4) is 5.75 Å². The Bertz CT molecular complexity index is 1750. The monoisotopic (exact) mass is 606 g/mol. The van der Waals surface area contributed by atoms with Gasteiger partial charge in [0.25, 0.3) is 0 Å². The van der Waals surface area contributed by atoms with Gasteiger partial charge < -0.3 is 25.4 Å². The highest BCUT2D eigenvalue weighted by Crippen LogP contribution is 2.65. The molecule has 44 heavy (non-hydrogen) atoms. The number of aromatic amines is 1. The fourth-order valence-corrected chi connectivity index (χ4v) is 5.85. The number of carbonyl (C=O) groups excluding carboxylic acids is 1. The summed E-state index contributed by atoms with van der Waals surface area (Å²) in [6, 6.07) is 16.4. The van der Waals surface area contributed by atoms with E-state index in [1.807, 2.05) is 36.5 Å². The first kappa shape index (κ1) is 29.2. The highest BCUT2D eigenvalue weighted by Gasteiger charge is 2.65. The summed E-state index contributed by atoms with van der Waals surface area (Å²) in [6.07, 6.45) is 1.68. The summed E-state index contributed by atoms with van der Waals surface area (Å²) in [6.45, 7) is 3.95. The fraction of sp³-hybridized carbons (Fsp3) is 0.290. The highest BCUT2D eigenvalue weighted by molar-refractivity contribution is 6.10. The molecule has 4 aromatic rings. The van der Waals surface area contributed by atoms with Gasteiger partial charge in [0.2, 0.25) is 5.91 Å². The molecule has 1 spiro atoms. The number of fused-ring (bicyclic) bond motifs is 3. The van der Waals surface area contributed by atoms with Crippen molar-refractivity contribution in [2.75, 3.05) is 43.5 Å². The molecule has 2 atom stereocenters. The topological polar surface area (TPSA) is 132 Å². The van der Waals surface area contributed by atoms with Crippen LogP contribution in [0.3, 0.4) is 0 Å². The van der Waals surface area contributed by atoms with Crippen molar-refractivity contribution >= 4 is 46.4 Å². The quantitative estimate of drug-likeness (QED) is 0.260. The van der Waals surface area contributed by atoms with Crippen LogP contribution in [0.25, 0.3) is 23.1 Å². The Balaban J connectivity index is 0.000000441. The van der Waals surface area contributed by atoms with Crippen LogP contribution in [0.1, 0.15) is 34.7 Å². The fourth-order valence-electron chi connectivity index (χ4n) is 5.85. The Labute approximate surface area is 249 Å². The van der Waals surface area contributed by atoms with Gasteiger partial charge in [0.1, 0.15) is 11.6 Å². The largest absolute Gasteiger partial charge is 0.497 e. The van der Waals surface area contributed by atoms with Gasteiger partial charge in [0.05, 0.1) is 23.7 Å². The number of carboxylic acids is 1. The molecule has 7 rings (SSSR count). The van der Waals surface area contributed by atoms with Gasteiger partial charge in [-0.2, -0.15) is 18.3 Å². The molecular weight excluding hydrogens is 577 g/mol. The molecule has 13 heteroatoms. The molecule has 2 aromatic carbocycles. The molecule has 2 aliphatic heterocycles. The molecule has 1 amide bonds. The number of piperazine rings is 1. The minimum Gasteiger partial charge on any atom is -0.497 e. The number of ether oxygens (including phenoxy) is 1. The molecule has 0 bridgehead atoms. The van der Waals surface area contributed by atoms with Crippen molar-refractivity contribution in [2.24, 2.45) is 0 Å². The molecule has 1 saturated carbocycles. The van der Waals surface area contributed by atoms with E-state index in [0.29, 0.717) is 0 Å². The number of benzene rings is 2. The van der Waals surface area contributed by atoms with Gasteiger partial charge in [0.15, 0.2) is 0 Å². The lowest BCUT2D eigenvalue weighted by atomic mass is 9.91. The molecule has 10 nitrogen and oxygen atoms in total. The summed E-state index contributed by atoms with van der Waals surface area (Å²) in [5.74, 6) is -0.758. The second-order valence-electron chi connectivity index (χ2n) is 10.8. The van der Waals surface area contributed by atoms with Crippen molar-refractivity contribution in [1.29, 1.82) is 0 Å². The SMILES string of the molecule is COc1ccc2c(c1)C1(CC1c1ccc3c(/C=C/c4ccc(N5CCNCC5)nc4)n[nH]c3c1)C(=O)N2.O=C(O)C(F)(F)F. The number of hydrogen-bond donors (Lipinski definition) is 4. The van der Waals surface area contributed by atoms with Gasteiger partial charge >= 0.3 is 12.1 Å². The second kappa shape index (κ2) is 11.3. The van der Waals surface area contributed by atoms with Crippen molar-refractivity contribution in [1.82, 2.24) is 20.5 Å². The Kier molecular flexibility index (Phi) is 7.49. The zero-order valence-corrected chi connectivity index (χ0v) is 23.6. The van der Waals surface area contributed by atoms with E-state index in [4.69, 9.17) is 14.6 Å². The van der Waals surface area contributed by atoms with E-state index in [1.165, 1.54) is 0 Å². The number of aliphatic carboxylic acids is 1. The molecule has 4 heterocycles. The van der Waals surface area contributed by atoms with Crippen LogP contribution in [0.2, 0.25) is 0 Å². The van der Waals surface area contributed by atoms with Crippen LogP contribution in [-0.2, 0) is 15.0 Å². The first-order valence-corrected chi connectivity index (χ1v) is 14.0. The average Bonchev–Trinajstić information content (AvgIpc) is 3.57. The molecule has 2 unspecified atom stereocenters. The Morgan fingerprint density at radius 2 is 1.89 bits per heavy atom. The number of methoxy groups -OCH3 is 1. The van der Waals surface area contributed by atoms with E-state index in [0.717, 1.165) is 83.1 Å². The van der Waals surface area contributed by atoms with Gasteiger partial charge in [-0.3, -0.25) is 9.89 Å². The zero-order valence-electron chi connectivity index (χ0n) is 23.6. The normalized spacial score (nSPS) is 20.8. The van der Waals surface area contributed by atoms with Crippen LogP contribution in [0.4, 0.5) is 24.7 Å². The number of halogens is 3. The standard InChI is InChI=1S/C29H28N6O2.C2HF3O2/c1-37-20-5-8-25-22(15-20)29(28(36)32-25)16-23(29)19-4-6-21-24(33-34-26(21)14-19)7-2-18-3-9-27(31-17-18)35-12-10-30-11-13-35;3-2(4,5)1(6)7/h2-9,14-15,17,23,30H,10-13,16H2,1H3,(H,32,36)(H,33,34);(H,6,7)/b7-2+;. The number of carbonyl (C=O) groups is 2. The number of aromatic nitrogens is 3. The predicted octanol–water partition coefficient (Wildman–Crippen LogP) is 4.56. The summed E-state index contributed by atoms with van der Waals surface area (Å²) in [7, 11) is 1.65. The summed E-state index contributed by atoms with van der Waals surface area (Å²) >= 11 is 0. The third-order valence-corrected chi connectivity index (χ3v) is 8.23. The second-order valence-corrected chi connectivity index (χ2v) is 10.8. The number of anilines is 2. The molecule has 4 N–H and O–H groups in total. The zero-order chi connectivity index (χ0) is 31.1. The third kappa shape index (κ3) is 5.46. The smallest absolute Gasteiger partial charge is 0.490 e. The van der Waals surface area contributed by atoms with Crippen molar-refractivity contribution in [2.45, 2.75) is 23.9 Å². The lowest BCUT2D eigenvalue weighted by molar-refractivity contribution is -0.192. The molecule has 2 aromatic heterocycles. The number of rotatable bonds is 5. The van der Waals surface area contributed by atoms with Crippen molar-refractivity contribution < 1.29 is 32.6 Å². The predicted molar refractivity (Wildman–Crippen MR) is 159 cm³/mol. The number of carboxylic acid groups (broad SMARTS) is 1. The van der Waals surface area contributed by atoms with E-state index in [2.05, 4.69) is 61.0 Å². The number of alkyl halides is 3. The average molecular weight is 607 g/mol. The Hall–Kier alpha value is -4.91. The van der Waals surface area contributed by atoms with Gasteiger partial charge in [-0.25, -0.2) is 9.78 Å². The molecule has 3 aliphatic rings. The number of pyridine rings is 1. The summed E-state index contributed by atoms with van der Waals surface area (Å²) in [5, 5.41) is 22.3. The number of hydrogen-bond acceptors (Lipinski definition) is 7. The number of nitrogens with zero attached hydrogens (tertiary/aromatic N) is 3. The van der Waals surface area contributed by atoms with Crippen molar-refractivity contribution in [3.63, 3.8) is 0 Å². The van der Waals surface area contributed by atoms with E-state index in [9.17, 15) is 18.0 Å². The Morgan fingerprint density at radius 1 is 1.11 bits per heavy atom. The summed E-state index contributed by atoms with van der Waals surface area (Å²) in [4.78, 5) is 28.9. The lowest BCUT2D eigenvalue weighted by Gasteiger charge is -2.28. The van der Waals surface area contributed by atoms with Crippen LogP contribution >= 0.6 is 0 Å².